The normalized spacial score (nSPS) is 18.6. The molecule has 1 N–H and O–H groups in total. The molecule has 9 heteroatoms. The van der Waals surface area contributed by atoms with Gasteiger partial charge in [-0.1, -0.05) is 13.8 Å². The summed E-state index contributed by atoms with van der Waals surface area (Å²) in [7, 11) is 0. The zero-order valence-corrected chi connectivity index (χ0v) is 13.3. The zero-order valence-electron chi connectivity index (χ0n) is 13.3. The second kappa shape index (κ2) is 6.86. The first-order valence-electron chi connectivity index (χ1n) is 7.77. The van der Waals surface area contributed by atoms with E-state index in [-0.39, 0.29) is 17.9 Å². The van der Waals surface area contributed by atoms with Crippen LogP contribution in [0.2, 0.25) is 0 Å². The summed E-state index contributed by atoms with van der Waals surface area (Å²) in [6, 6.07) is 0. The van der Waals surface area contributed by atoms with Crippen LogP contribution in [0.3, 0.4) is 0 Å². The molecule has 1 fully saturated rings. The van der Waals surface area contributed by atoms with Gasteiger partial charge in [-0.05, 0) is 0 Å². The number of nitrogens with zero attached hydrogens (tertiary/aromatic N) is 6. The lowest BCUT2D eigenvalue weighted by molar-refractivity contribution is -0.139. The molecule has 0 spiro atoms. The number of amides is 1. The third kappa shape index (κ3) is 3.73. The largest absolute Gasteiger partial charge is 0.367 e. The van der Waals surface area contributed by atoms with Gasteiger partial charge in [-0.3, -0.25) is 14.6 Å². The number of rotatable bonds is 5. The van der Waals surface area contributed by atoms with Crippen molar-refractivity contribution in [1.82, 2.24) is 34.8 Å². The Bertz CT molecular complexity index is 637. The topological polar surface area (TPSA) is 102 Å². The second-order valence-corrected chi connectivity index (χ2v) is 5.84. The van der Waals surface area contributed by atoms with Crippen molar-refractivity contribution >= 4 is 5.91 Å². The Morgan fingerprint density at radius 1 is 1.52 bits per heavy atom. The van der Waals surface area contributed by atoms with Crippen molar-refractivity contribution < 1.29 is 9.53 Å². The zero-order chi connectivity index (χ0) is 16.2. The molecule has 2 aromatic rings. The van der Waals surface area contributed by atoms with Gasteiger partial charge >= 0.3 is 0 Å². The van der Waals surface area contributed by atoms with E-state index < -0.39 is 0 Å². The monoisotopic (exact) mass is 319 g/mol. The van der Waals surface area contributed by atoms with Gasteiger partial charge in [0.15, 0.2) is 11.6 Å². The van der Waals surface area contributed by atoms with Crippen LogP contribution < -0.4 is 0 Å². The summed E-state index contributed by atoms with van der Waals surface area (Å²) in [5.74, 6) is 1.78. The van der Waals surface area contributed by atoms with Crippen LogP contribution in [0.15, 0.2) is 12.7 Å². The van der Waals surface area contributed by atoms with Crippen LogP contribution in [0.25, 0.3) is 0 Å². The number of ether oxygens (including phenoxy) is 1. The summed E-state index contributed by atoms with van der Waals surface area (Å²) in [6.07, 6.45) is 3.21. The highest BCUT2D eigenvalue weighted by Crippen LogP contribution is 2.21. The average Bonchev–Trinajstić information content (AvgIpc) is 3.24. The van der Waals surface area contributed by atoms with E-state index in [2.05, 4.69) is 25.3 Å². The Kier molecular flexibility index (Phi) is 4.65. The van der Waals surface area contributed by atoms with Crippen LogP contribution in [-0.2, 0) is 16.1 Å². The predicted octanol–water partition coefficient (Wildman–Crippen LogP) is 0.510. The highest BCUT2D eigenvalue weighted by molar-refractivity contribution is 5.76. The van der Waals surface area contributed by atoms with E-state index in [1.165, 1.54) is 6.33 Å². The lowest BCUT2D eigenvalue weighted by Gasteiger charge is -2.31. The molecule has 0 aliphatic carbocycles. The number of aromatic nitrogens is 6. The highest BCUT2D eigenvalue weighted by atomic mass is 16.5. The number of aromatic amines is 1. The van der Waals surface area contributed by atoms with Crippen molar-refractivity contribution in [2.24, 2.45) is 0 Å². The van der Waals surface area contributed by atoms with Gasteiger partial charge in [0.1, 0.15) is 18.8 Å². The lowest BCUT2D eigenvalue weighted by atomic mass is 10.2. The van der Waals surface area contributed by atoms with Gasteiger partial charge in [0.2, 0.25) is 5.91 Å². The smallest absolute Gasteiger partial charge is 0.224 e. The Morgan fingerprint density at radius 2 is 2.39 bits per heavy atom. The highest BCUT2D eigenvalue weighted by Gasteiger charge is 2.27. The van der Waals surface area contributed by atoms with Gasteiger partial charge in [0.25, 0.3) is 0 Å². The minimum absolute atomic E-state index is 0.0809. The minimum Gasteiger partial charge on any atom is -0.367 e. The van der Waals surface area contributed by atoms with Crippen molar-refractivity contribution in [3.63, 3.8) is 0 Å². The first kappa shape index (κ1) is 15.6. The molecule has 0 bridgehead atoms. The summed E-state index contributed by atoms with van der Waals surface area (Å²) < 4.78 is 7.39. The van der Waals surface area contributed by atoms with E-state index in [1.54, 1.807) is 11.0 Å². The number of hydrogen-bond acceptors (Lipinski definition) is 6. The number of carbonyl (C=O) groups is 1. The molecule has 1 saturated heterocycles. The molecule has 124 valence electrons. The maximum Gasteiger partial charge on any atom is 0.224 e. The summed E-state index contributed by atoms with van der Waals surface area (Å²) in [4.78, 5) is 22.5. The van der Waals surface area contributed by atoms with Crippen molar-refractivity contribution in [3.05, 3.63) is 24.3 Å². The Balaban J connectivity index is 1.57. The fraction of sp³-hybridized carbons (Fsp3) is 0.643. The Hall–Kier alpha value is -2.29. The molecule has 1 aliphatic heterocycles. The fourth-order valence-electron chi connectivity index (χ4n) is 2.45. The number of morpholine rings is 1. The molecule has 0 aromatic carbocycles. The average molecular weight is 319 g/mol. The van der Waals surface area contributed by atoms with Gasteiger partial charge in [0, 0.05) is 18.9 Å². The molecule has 1 amide bonds. The SMILES string of the molecule is CC(C)c1n[nH]c(C2CN(C(=O)CCn3cncn3)CCO2)n1. The van der Waals surface area contributed by atoms with Gasteiger partial charge in [0.05, 0.1) is 19.7 Å². The molecular formula is C14H21N7O2. The van der Waals surface area contributed by atoms with Crippen molar-refractivity contribution in [1.29, 1.82) is 0 Å². The molecule has 3 rings (SSSR count). The van der Waals surface area contributed by atoms with Gasteiger partial charge < -0.3 is 9.64 Å². The molecule has 1 aliphatic rings. The summed E-state index contributed by atoms with van der Waals surface area (Å²) >= 11 is 0. The molecule has 1 unspecified atom stereocenters. The number of hydrogen-bond donors (Lipinski definition) is 1. The van der Waals surface area contributed by atoms with Gasteiger partial charge in [-0.2, -0.15) is 10.2 Å². The second-order valence-electron chi connectivity index (χ2n) is 5.84. The van der Waals surface area contributed by atoms with Gasteiger partial charge in [-0.15, -0.1) is 0 Å². The van der Waals surface area contributed by atoms with Crippen LogP contribution in [0.5, 0.6) is 0 Å². The number of aryl methyl sites for hydroxylation is 1. The summed E-state index contributed by atoms with van der Waals surface area (Å²) in [5, 5.41) is 11.1. The van der Waals surface area contributed by atoms with E-state index in [0.29, 0.717) is 38.5 Å². The van der Waals surface area contributed by atoms with E-state index in [9.17, 15) is 4.79 Å². The van der Waals surface area contributed by atoms with Crippen molar-refractivity contribution in [3.8, 4) is 0 Å². The molecule has 3 heterocycles. The molecule has 9 nitrogen and oxygen atoms in total. The van der Waals surface area contributed by atoms with Crippen LogP contribution >= 0.6 is 0 Å². The lowest BCUT2D eigenvalue weighted by Crippen LogP contribution is -2.42. The fourth-order valence-corrected chi connectivity index (χ4v) is 2.45. The van der Waals surface area contributed by atoms with E-state index >= 15 is 0 Å². The standard InChI is InChI=1S/C14H21N7O2/c1-10(2)13-17-14(19-18-13)11-7-20(5-6-23-11)12(22)3-4-21-9-15-8-16-21/h8-11H,3-7H2,1-2H3,(H,17,18,19). The number of H-pyrrole nitrogens is 1. The first-order chi connectivity index (χ1) is 11.1. The Labute approximate surface area is 134 Å². The predicted molar refractivity (Wildman–Crippen MR) is 80.4 cm³/mol. The van der Waals surface area contributed by atoms with Crippen molar-refractivity contribution in [2.45, 2.75) is 38.8 Å². The molecule has 0 radical (unpaired) electrons. The third-order valence-electron chi connectivity index (χ3n) is 3.78. The molecule has 2 aromatic heterocycles. The van der Waals surface area contributed by atoms with Crippen LogP contribution in [0.1, 0.15) is 43.9 Å². The maximum atomic E-state index is 12.3. The van der Waals surface area contributed by atoms with E-state index in [1.807, 2.05) is 18.7 Å². The van der Waals surface area contributed by atoms with Gasteiger partial charge in [-0.25, -0.2) is 9.97 Å². The van der Waals surface area contributed by atoms with Crippen LogP contribution in [0.4, 0.5) is 0 Å². The molecule has 0 saturated carbocycles. The third-order valence-corrected chi connectivity index (χ3v) is 3.78. The molecular weight excluding hydrogens is 298 g/mol. The quantitative estimate of drug-likeness (QED) is 0.861. The minimum atomic E-state index is -0.251. The number of carbonyl (C=O) groups excluding carboxylic acids is 1. The van der Waals surface area contributed by atoms with E-state index in [4.69, 9.17) is 4.74 Å². The first-order valence-corrected chi connectivity index (χ1v) is 7.77. The van der Waals surface area contributed by atoms with Crippen molar-refractivity contribution in [2.75, 3.05) is 19.7 Å². The van der Waals surface area contributed by atoms with E-state index in [0.717, 1.165) is 5.82 Å². The Morgan fingerprint density at radius 3 is 3.09 bits per heavy atom. The number of nitrogens with one attached hydrogen (secondary N) is 1. The van der Waals surface area contributed by atoms with Crippen LogP contribution in [-0.4, -0.2) is 60.4 Å². The molecule has 1 atom stereocenters. The maximum absolute atomic E-state index is 12.3. The molecule has 23 heavy (non-hydrogen) atoms. The summed E-state index contributed by atoms with van der Waals surface area (Å²) in [5.41, 5.74) is 0. The van der Waals surface area contributed by atoms with Crippen LogP contribution in [0, 0.1) is 0 Å². The summed E-state index contributed by atoms with van der Waals surface area (Å²) in [6.45, 7) is 6.18.